The first-order chi connectivity index (χ1) is 11.1. The number of carbonyl (C=O) groups is 1. The predicted octanol–water partition coefficient (Wildman–Crippen LogP) is 4.60. The quantitative estimate of drug-likeness (QED) is 0.750. The molecule has 3 aromatic rings. The third-order valence-corrected chi connectivity index (χ3v) is 4.22. The van der Waals surface area contributed by atoms with E-state index < -0.39 is 5.97 Å². The number of halogens is 2. The van der Waals surface area contributed by atoms with Crippen LogP contribution in [0, 0.1) is 0 Å². The van der Waals surface area contributed by atoms with Crippen LogP contribution in [0.5, 0.6) is 0 Å². The van der Waals surface area contributed by atoms with Crippen LogP contribution in [0.3, 0.4) is 0 Å². The van der Waals surface area contributed by atoms with Crippen molar-refractivity contribution in [2.45, 2.75) is 6.54 Å². The number of carboxylic acids is 1. The zero-order valence-corrected chi connectivity index (χ0v) is 13.4. The molecule has 0 aliphatic rings. The number of hydrogen-bond acceptors (Lipinski definition) is 2. The Labute approximate surface area is 142 Å². The normalized spacial score (nSPS) is 10.7. The van der Waals surface area contributed by atoms with Gasteiger partial charge in [-0.3, -0.25) is 0 Å². The number of imidazole rings is 1. The van der Waals surface area contributed by atoms with E-state index in [1.807, 2.05) is 16.7 Å². The van der Waals surface area contributed by atoms with E-state index in [4.69, 9.17) is 23.2 Å². The zero-order chi connectivity index (χ0) is 16.4. The summed E-state index contributed by atoms with van der Waals surface area (Å²) in [5.74, 6) is -0.249. The van der Waals surface area contributed by atoms with Crippen LogP contribution >= 0.6 is 23.2 Å². The van der Waals surface area contributed by atoms with Crippen LogP contribution in [0.1, 0.15) is 15.9 Å². The number of hydrogen-bond donors (Lipinski definition) is 1. The van der Waals surface area contributed by atoms with E-state index in [1.54, 1.807) is 42.7 Å². The van der Waals surface area contributed by atoms with Gasteiger partial charge in [0.2, 0.25) is 0 Å². The van der Waals surface area contributed by atoms with Crippen molar-refractivity contribution >= 4 is 29.2 Å². The number of aromatic carboxylic acids is 1. The van der Waals surface area contributed by atoms with Gasteiger partial charge in [0.1, 0.15) is 5.82 Å². The molecular formula is C17H12Cl2N2O2. The van der Waals surface area contributed by atoms with Crippen LogP contribution in [-0.4, -0.2) is 20.6 Å². The minimum absolute atomic E-state index is 0.279. The average Bonchev–Trinajstić information content (AvgIpc) is 2.98. The summed E-state index contributed by atoms with van der Waals surface area (Å²) in [5, 5.41) is 10.2. The van der Waals surface area contributed by atoms with Gasteiger partial charge in [-0.15, -0.1) is 0 Å². The minimum atomic E-state index is -0.947. The molecule has 0 fully saturated rings. The molecule has 1 N–H and O–H groups in total. The molecule has 6 heteroatoms. The summed E-state index contributed by atoms with van der Waals surface area (Å²) in [6.07, 6.45) is 3.47. The van der Waals surface area contributed by atoms with E-state index >= 15 is 0 Å². The van der Waals surface area contributed by atoms with Gasteiger partial charge in [-0.2, -0.15) is 0 Å². The third-order valence-electron chi connectivity index (χ3n) is 3.48. The SMILES string of the molecule is O=C(O)c1ccccc1Cn1ccnc1-c1ccc(Cl)c(Cl)c1. The summed E-state index contributed by atoms with van der Waals surface area (Å²) in [6.45, 7) is 0.401. The van der Waals surface area contributed by atoms with Crippen molar-refractivity contribution in [3.63, 3.8) is 0 Å². The minimum Gasteiger partial charge on any atom is -0.478 e. The zero-order valence-electron chi connectivity index (χ0n) is 11.9. The van der Waals surface area contributed by atoms with Crippen molar-refractivity contribution in [2.75, 3.05) is 0 Å². The Hall–Kier alpha value is -2.30. The van der Waals surface area contributed by atoms with Crippen LogP contribution in [0.4, 0.5) is 0 Å². The molecule has 0 bridgehead atoms. The van der Waals surface area contributed by atoms with Crippen LogP contribution in [-0.2, 0) is 6.54 Å². The van der Waals surface area contributed by atoms with Gasteiger partial charge < -0.3 is 9.67 Å². The van der Waals surface area contributed by atoms with Crippen molar-refractivity contribution in [3.05, 3.63) is 76.0 Å². The van der Waals surface area contributed by atoms with E-state index in [9.17, 15) is 9.90 Å². The second kappa shape index (κ2) is 6.44. The first-order valence-electron chi connectivity index (χ1n) is 6.84. The molecule has 116 valence electrons. The Kier molecular flexibility index (Phi) is 4.37. The van der Waals surface area contributed by atoms with Gasteiger partial charge in [0.25, 0.3) is 0 Å². The molecule has 4 nitrogen and oxygen atoms in total. The fourth-order valence-corrected chi connectivity index (χ4v) is 2.68. The maximum absolute atomic E-state index is 11.3. The largest absolute Gasteiger partial charge is 0.478 e. The maximum atomic E-state index is 11.3. The third kappa shape index (κ3) is 3.23. The monoisotopic (exact) mass is 346 g/mol. The molecule has 0 aliphatic carbocycles. The summed E-state index contributed by atoms with van der Waals surface area (Å²) in [5.41, 5.74) is 1.80. The molecular weight excluding hydrogens is 335 g/mol. The van der Waals surface area contributed by atoms with Gasteiger partial charge in [0.05, 0.1) is 15.6 Å². The van der Waals surface area contributed by atoms with Crippen LogP contribution in [0.15, 0.2) is 54.9 Å². The molecule has 0 radical (unpaired) electrons. The number of aromatic nitrogens is 2. The van der Waals surface area contributed by atoms with E-state index in [0.717, 1.165) is 5.56 Å². The van der Waals surface area contributed by atoms with Gasteiger partial charge in [-0.05, 0) is 29.8 Å². The standard InChI is InChI=1S/C17H12Cl2N2O2/c18-14-6-5-11(9-15(14)19)16-20-7-8-21(16)10-12-3-1-2-4-13(12)17(22)23/h1-9H,10H2,(H,22,23). The maximum Gasteiger partial charge on any atom is 0.336 e. The van der Waals surface area contributed by atoms with E-state index in [2.05, 4.69) is 4.98 Å². The molecule has 3 rings (SSSR count). The summed E-state index contributed by atoms with van der Waals surface area (Å²) in [6, 6.07) is 12.2. The van der Waals surface area contributed by atoms with E-state index in [0.29, 0.717) is 28.0 Å². The molecule has 0 amide bonds. The fraction of sp³-hybridized carbons (Fsp3) is 0.0588. The molecule has 23 heavy (non-hydrogen) atoms. The molecule has 1 aromatic heterocycles. The predicted molar refractivity (Wildman–Crippen MR) is 90.2 cm³/mol. The Morgan fingerprint density at radius 2 is 1.91 bits per heavy atom. The molecule has 2 aromatic carbocycles. The Morgan fingerprint density at radius 1 is 1.13 bits per heavy atom. The number of rotatable bonds is 4. The summed E-state index contributed by atoms with van der Waals surface area (Å²) in [4.78, 5) is 15.7. The van der Waals surface area contributed by atoms with Gasteiger partial charge >= 0.3 is 5.97 Å². The molecule has 0 aliphatic heterocycles. The van der Waals surface area contributed by atoms with Crippen molar-refractivity contribution in [1.82, 2.24) is 9.55 Å². The first-order valence-corrected chi connectivity index (χ1v) is 7.59. The van der Waals surface area contributed by atoms with E-state index in [1.165, 1.54) is 0 Å². The van der Waals surface area contributed by atoms with Gasteiger partial charge in [0.15, 0.2) is 0 Å². The smallest absolute Gasteiger partial charge is 0.336 e. The van der Waals surface area contributed by atoms with Gasteiger partial charge in [0, 0.05) is 24.5 Å². The number of benzene rings is 2. The lowest BCUT2D eigenvalue weighted by molar-refractivity contribution is 0.0695. The number of carboxylic acid groups (broad SMARTS) is 1. The summed E-state index contributed by atoms with van der Waals surface area (Å²) >= 11 is 12.0. The van der Waals surface area contributed by atoms with Crippen LogP contribution in [0.2, 0.25) is 10.0 Å². The highest BCUT2D eigenvalue weighted by Crippen LogP contribution is 2.28. The topological polar surface area (TPSA) is 55.1 Å². The lowest BCUT2D eigenvalue weighted by atomic mass is 10.1. The molecule has 0 atom stereocenters. The molecule has 0 saturated heterocycles. The van der Waals surface area contributed by atoms with E-state index in [-0.39, 0.29) is 5.56 Å². The fourth-order valence-electron chi connectivity index (χ4n) is 2.38. The lowest BCUT2D eigenvalue weighted by Gasteiger charge is -2.11. The average molecular weight is 347 g/mol. The molecule has 1 heterocycles. The Bertz CT molecular complexity index is 875. The van der Waals surface area contributed by atoms with Crippen LogP contribution < -0.4 is 0 Å². The highest BCUT2D eigenvalue weighted by molar-refractivity contribution is 6.42. The van der Waals surface area contributed by atoms with Gasteiger partial charge in [-0.1, -0.05) is 41.4 Å². The van der Waals surface area contributed by atoms with Crippen LogP contribution in [0.25, 0.3) is 11.4 Å². The lowest BCUT2D eigenvalue weighted by Crippen LogP contribution is -2.07. The molecule has 0 unspecified atom stereocenters. The Balaban J connectivity index is 1.99. The number of nitrogens with zero attached hydrogens (tertiary/aromatic N) is 2. The second-order valence-corrected chi connectivity index (χ2v) is 5.78. The summed E-state index contributed by atoms with van der Waals surface area (Å²) < 4.78 is 1.88. The van der Waals surface area contributed by atoms with Crippen molar-refractivity contribution < 1.29 is 9.90 Å². The highest BCUT2D eigenvalue weighted by atomic mass is 35.5. The first kappa shape index (κ1) is 15.6. The van der Waals surface area contributed by atoms with Crippen molar-refractivity contribution in [1.29, 1.82) is 0 Å². The van der Waals surface area contributed by atoms with Crippen molar-refractivity contribution in [3.8, 4) is 11.4 Å². The molecule has 0 saturated carbocycles. The van der Waals surface area contributed by atoms with Crippen molar-refractivity contribution in [2.24, 2.45) is 0 Å². The van der Waals surface area contributed by atoms with Gasteiger partial charge in [-0.25, -0.2) is 9.78 Å². The Morgan fingerprint density at radius 3 is 2.65 bits per heavy atom. The summed E-state index contributed by atoms with van der Waals surface area (Å²) in [7, 11) is 0. The highest BCUT2D eigenvalue weighted by Gasteiger charge is 2.13. The second-order valence-electron chi connectivity index (χ2n) is 4.97. The molecule has 0 spiro atoms.